The van der Waals surface area contributed by atoms with Crippen molar-refractivity contribution in [3.8, 4) is 0 Å². The second kappa shape index (κ2) is 6.79. The third-order valence-electron chi connectivity index (χ3n) is 4.63. The number of amides is 2. The van der Waals surface area contributed by atoms with Crippen LogP contribution in [0.15, 0.2) is 17.5 Å². The highest BCUT2D eigenvalue weighted by Gasteiger charge is 2.33. The van der Waals surface area contributed by atoms with Gasteiger partial charge in [0.1, 0.15) is 0 Å². The van der Waals surface area contributed by atoms with Crippen molar-refractivity contribution in [3.63, 3.8) is 0 Å². The lowest BCUT2D eigenvalue weighted by atomic mass is 10.1. The molecule has 0 saturated carbocycles. The number of nitrogens with one attached hydrogen (secondary N) is 1. The van der Waals surface area contributed by atoms with Gasteiger partial charge in [-0.05, 0) is 37.4 Å². The first-order valence-electron chi connectivity index (χ1n) is 7.94. The molecule has 1 aromatic rings. The first kappa shape index (κ1) is 15.5. The maximum atomic E-state index is 12.3. The second-order valence-electron chi connectivity index (χ2n) is 6.19. The van der Waals surface area contributed by atoms with Crippen LogP contribution in [0.2, 0.25) is 0 Å². The minimum atomic E-state index is -0.194. The van der Waals surface area contributed by atoms with E-state index >= 15 is 0 Å². The Hall–Kier alpha value is -1.40. The maximum absolute atomic E-state index is 12.3. The Morgan fingerprint density at radius 1 is 1.45 bits per heavy atom. The summed E-state index contributed by atoms with van der Waals surface area (Å²) in [6.45, 7) is 3.37. The molecule has 3 heterocycles. The average molecular weight is 321 g/mol. The standard InChI is InChI=1S/C16H23N3O2S/c1-18-11-12(9-15(18)20)16(21)17-10-13(14-5-4-8-22-14)19-6-2-3-7-19/h4-5,8,12-13H,2-3,6-7,9-11H2,1H3,(H,17,21)/t12-,13+/m1/s1. The van der Waals surface area contributed by atoms with E-state index in [0.717, 1.165) is 13.1 Å². The molecule has 0 spiro atoms. The lowest BCUT2D eigenvalue weighted by Gasteiger charge is -2.27. The molecule has 2 atom stereocenters. The van der Waals surface area contributed by atoms with Crippen LogP contribution in [0.1, 0.15) is 30.2 Å². The third-order valence-corrected chi connectivity index (χ3v) is 5.61. The Morgan fingerprint density at radius 2 is 2.23 bits per heavy atom. The number of thiophene rings is 1. The third kappa shape index (κ3) is 3.33. The fourth-order valence-electron chi connectivity index (χ4n) is 3.32. The molecule has 0 radical (unpaired) electrons. The molecule has 5 nitrogen and oxygen atoms in total. The summed E-state index contributed by atoms with van der Waals surface area (Å²) >= 11 is 1.75. The van der Waals surface area contributed by atoms with E-state index in [9.17, 15) is 9.59 Å². The molecule has 6 heteroatoms. The molecule has 0 aromatic carbocycles. The molecule has 2 aliphatic heterocycles. The van der Waals surface area contributed by atoms with Crippen molar-refractivity contribution in [2.24, 2.45) is 5.92 Å². The zero-order chi connectivity index (χ0) is 15.5. The first-order chi connectivity index (χ1) is 10.6. The van der Waals surface area contributed by atoms with Gasteiger partial charge in [-0.3, -0.25) is 14.5 Å². The van der Waals surface area contributed by atoms with Gasteiger partial charge in [-0.1, -0.05) is 6.07 Å². The van der Waals surface area contributed by atoms with Crippen molar-refractivity contribution in [1.29, 1.82) is 0 Å². The maximum Gasteiger partial charge on any atom is 0.225 e. The first-order valence-corrected chi connectivity index (χ1v) is 8.82. The van der Waals surface area contributed by atoms with Crippen LogP contribution in [0, 0.1) is 5.92 Å². The van der Waals surface area contributed by atoms with Crippen LogP contribution < -0.4 is 5.32 Å². The molecule has 3 rings (SSSR count). The van der Waals surface area contributed by atoms with Gasteiger partial charge in [-0.2, -0.15) is 0 Å². The molecule has 2 amide bonds. The zero-order valence-electron chi connectivity index (χ0n) is 13.0. The Balaban J connectivity index is 1.59. The van der Waals surface area contributed by atoms with E-state index in [4.69, 9.17) is 0 Å². The Kier molecular flexibility index (Phi) is 4.78. The van der Waals surface area contributed by atoms with Gasteiger partial charge in [-0.15, -0.1) is 11.3 Å². The summed E-state index contributed by atoms with van der Waals surface area (Å²) in [4.78, 5) is 29.3. The van der Waals surface area contributed by atoms with Crippen molar-refractivity contribution in [3.05, 3.63) is 22.4 Å². The summed E-state index contributed by atoms with van der Waals surface area (Å²) < 4.78 is 0. The van der Waals surface area contributed by atoms with Crippen molar-refractivity contribution in [2.75, 3.05) is 33.2 Å². The van der Waals surface area contributed by atoms with Crippen LogP contribution in [0.25, 0.3) is 0 Å². The van der Waals surface area contributed by atoms with E-state index in [0.29, 0.717) is 19.5 Å². The van der Waals surface area contributed by atoms with Gasteiger partial charge in [0.05, 0.1) is 12.0 Å². The highest BCUT2D eigenvalue weighted by Crippen LogP contribution is 2.28. The van der Waals surface area contributed by atoms with Crippen LogP contribution in [0.3, 0.4) is 0 Å². The largest absolute Gasteiger partial charge is 0.354 e. The number of likely N-dealkylation sites (tertiary alicyclic amines) is 2. The van der Waals surface area contributed by atoms with Gasteiger partial charge in [0, 0.05) is 31.4 Å². The molecule has 1 aromatic heterocycles. The molecule has 2 saturated heterocycles. The lowest BCUT2D eigenvalue weighted by molar-refractivity contribution is -0.128. The molecule has 1 N–H and O–H groups in total. The Labute approximate surface area is 135 Å². The molecular formula is C16H23N3O2S. The van der Waals surface area contributed by atoms with Crippen molar-refractivity contribution in [1.82, 2.24) is 15.1 Å². The normalized spacial score (nSPS) is 24.0. The molecule has 120 valence electrons. The summed E-state index contributed by atoms with van der Waals surface area (Å²) in [6, 6.07) is 4.48. The molecule has 2 fully saturated rings. The fraction of sp³-hybridized carbons (Fsp3) is 0.625. The summed E-state index contributed by atoms with van der Waals surface area (Å²) in [5.41, 5.74) is 0. The van der Waals surface area contributed by atoms with E-state index in [1.807, 2.05) is 0 Å². The topological polar surface area (TPSA) is 52.7 Å². The highest BCUT2D eigenvalue weighted by atomic mass is 32.1. The average Bonchev–Trinajstić information content (AvgIpc) is 3.23. The summed E-state index contributed by atoms with van der Waals surface area (Å²) in [6.07, 6.45) is 2.81. The van der Waals surface area contributed by atoms with Gasteiger partial charge >= 0.3 is 0 Å². The van der Waals surface area contributed by atoms with Crippen molar-refractivity contribution >= 4 is 23.2 Å². The predicted molar refractivity (Wildman–Crippen MR) is 86.6 cm³/mol. The van der Waals surface area contributed by atoms with Gasteiger partial charge < -0.3 is 10.2 Å². The van der Waals surface area contributed by atoms with Crippen LogP contribution in [-0.4, -0.2) is 54.8 Å². The quantitative estimate of drug-likeness (QED) is 0.894. The van der Waals surface area contributed by atoms with E-state index in [-0.39, 0.29) is 23.8 Å². The second-order valence-corrected chi connectivity index (χ2v) is 7.17. The number of carbonyl (C=O) groups is 2. The lowest BCUT2D eigenvalue weighted by Crippen LogP contribution is -2.39. The predicted octanol–water partition coefficient (Wildman–Crippen LogP) is 1.48. The van der Waals surface area contributed by atoms with Crippen LogP contribution in [-0.2, 0) is 9.59 Å². The van der Waals surface area contributed by atoms with E-state index in [1.54, 1.807) is 23.3 Å². The molecule has 2 aliphatic rings. The summed E-state index contributed by atoms with van der Waals surface area (Å²) in [5, 5.41) is 5.17. The van der Waals surface area contributed by atoms with Gasteiger partial charge in [0.25, 0.3) is 0 Å². The highest BCUT2D eigenvalue weighted by molar-refractivity contribution is 7.10. The van der Waals surface area contributed by atoms with Crippen LogP contribution >= 0.6 is 11.3 Å². The van der Waals surface area contributed by atoms with Crippen LogP contribution in [0.5, 0.6) is 0 Å². The zero-order valence-corrected chi connectivity index (χ0v) is 13.8. The Morgan fingerprint density at radius 3 is 2.82 bits per heavy atom. The van der Waals surface area contributed by atoms with E-state index in [1.165, 1.54) is 17.7 Å². The number of hydrogen-bond donors (Lipinski definition) is 1. The van der Waals surface area contributed by atoms with Crippen molar-refractivity contribution in [2.45, 2.75) is 25.3 Å². The SMILES string of the molecule is CN1C[C@H](C(=O)NC[C@@H](c2cccs2)N2CCCC2)CC1=O. The Bertz CT molecular complexity index is 526. The minimum absolute atomic E-state index is 0.0125. The van der Waals surface area contributed by atoms with Crippen LogP contribution in [0.4, 0.5) is 0 Å². The van der Waals surface area contributed by atoms with E-state index in [2.05, 4.69) is 27.7 Å². The van der Waals surface area contributed by atoms with Crippen molar-refractivity contribution < 1.29 is 9.59 Å². The molecule has 0 bridgehead atoms. The number of rotatable bonds is 5. The number of hydrogen-bond acceptors (Lipinski definition) is 4. The number of nitrogens with zero attached hydrogens (tertiary/aromatic N) is 2. The minimum Gasteiger partial charge on any atom is -0.354 e. The monoisotopic (exact) mass is 321 g/mol. The fourth-order valence-corrected chi connectivity index (χ4v) is 4.19. The molecular weight excluding hydrogens is 298 g/mol. The molecule has 0 aliphatic carbocycles. The van der Waals surface area contributed by atoms with E-state index < -0.39 is 0 Å². The molecule has 22 heavy (non-hydrogen) atoms. The number of carbonyl (C=O) groups excluding carboxylic acids is 2. The summed E-state index contributed by atoms with van der Waals surface area (Å²) in [7, 11) is 1.76. The van der Waals surface area contributed by atoms with Gasteiger partial charge in [-0.25, -0.2) is 0 Å². The smallest absolute Gasteiger partial charge is 0.225 e. The summed E-state index contributed by atoms with van der Waals surface area (Å²) in [5.74, 6) is -0.118. The van der Waals surface area contributed by atoms with Gasteiger partial charge in [0.2, 0.25) is 11.8 Å². The molecule has 0 unspecified atom stereocenters. The van der Waals surface area contributed by atoms with Gasteiger partial charge in [0.15, 0.2) is 0 Å².